The minimum Gasteiger partial charge on any atom is -0.309 e. The Morgan fingerprint density at radius 1 is 1.38 bits per heavy atom. The van der Waals surface area contributed by atoms with Crippen molar-refractivity contribution in [2.24, 2.45) is 0 Å². The molecule has 0 saturated carbocycles. The van der Waals surface area contributed by atoms with E-state index in [1.165, 1.54) is 16.0 Å². The second-order valence-electron chi connectivity index (χ2n) is 3.76. The molecule has 1 N–H and O–H groups in total. The average molecular weight is 233 g/mol. The van der Waals surface area contributed by atoms with E-state index in [9.17, 15) is 0 Å². The van der Waals surface area contributed by atoms with Crippen molar-refractivity contribution in [3.8, 4) is 0 Å². The van der Waals surface area contributed by atoms with Gasteiger partial charge in [-0.1, -0.05) is 0 Å². The second kappa shape index (κ2) is 4.72. The molecule has 0 aliphatic carbocycles. The van der Waals surface area contributed by atoms with E-state index < -0.39 is 0 Å². The number of nitrogens with zero attached hydrogens (tertiary/aromatic N) is 2. The standard InChI is InChI=1S/C12H15N3S/c1-8-4-5-14-6-10(8)11(13-3)12-9(2)15-7-16-12/h4-7,11,13H,1-3H3. The molecule has 2 aromatic rings. The lowest BCUT2D eigenvalue weighted by Crippen LogP contribution is -2.18. The topological polar surface area (TPSA) is 37.8 Å². The van der Waals surface area contributed by atoms with Crippen LogP contribution in [0, 0.1) is 13.8 Å². The summed E-state index contributed by atoms with van der Waals surface area (Å²) in [5.74, 6) is 0. The molecule has 0 spiro atoms. The molecule has 0 amide bonds. The summed E-state index contributed by atoms with van der Waals surface area (Å²) in [4.78, 5) is 9.76. The Bertz CT molecular complexity index is 479. The fourth-order valence-corrected chi connectivity index (χ4v) is 2.72. The Labute approximate surface area is 99.6 Å². The summed E-state index contributed by atoms with van der Waals surface area (Å²) < 4.78 is 0. The molecule has 16 heavy (non-hydrogen) atoms. The molecule has 0 radical (unpaired) electrons. The molecule has 84 valence electrons. The molecule has 0 fully saturated rings. The van der Waals surface area contributed by atoms with Gasteiger partial charge in [0.1, 0.15) is 0 Å². The zero-order valence-electron chi connectivity index (χ0n) is 9.69. The van der Waals surface area contributed by atoms with Crippen LogP contribution in [0.25, 0.3) is 0 Å². The molecule has 0 aliphatic rings. The number of nitrogens with one attached hydrogen (secondary N) is 1. The van der Waals surface area contributed by atoms with Gasteiger partial charge in [0.2, 0.25) is 0 Å². The monoisotopic (exact) mass is 233 g/mol. The number of hydrogen-bond donors (Lipinski definition) is 1. The van der Waals surface area contributed by atoms with Crippen molar-refractivity contribution in [3.63, 3.8) is 0 Å². The fourth-order valence-electron chi connectivity index (χ4n) is 1.79. The van der Waals surface area contributed by atoms with Gasteiger partial charge >= 0.3 is 0 Å². The number of pyridine rings is 1. The summed E-state index contributed by atoms with van der Waals surface area (Å²) in [5.41, 5.74) is 5.45. The Morgan fingerprint density at radius 2 is 2.19 bits per heavy atom. The van der Waals surface area contributed by atoms with Gasteiger partial charge in [-0.05, 0) is 38.1 Å². The highest BCUT2D eigenvalue weighted by atomic mass is 32.1. The highest BCUT2D eigenvalue weighted by Crippen LogP contribution is 2.28. The van der Waals surface area contributed by atoms with E-state index in [1.807, 2.05) is 37.9 Å². The summed E-state index contributed by atoms with van der Waals surface area (Å²) in [7, 11) is 1.97. The first kappa shape index (κ1) is 11.2. The molecular weight excluding hydrogens is 218 g/mol. The molecule has 0 bridgehead atoms. The van der Waals surface area contributed by atoms with Gasteiger partial charge in [-0.3, -0.25) is 4.98 Å². The minimum absolute atomic E-state index is 0.196. The van der Waals surface area contributed by atoms with Crippen LogP contribution in [0.1, 0.15) is 27.7 Å². The Hall–Kier alpha value is -1.26. The first-order valence-corrected chi connectivity index (χ1v) is 6.09. The molecule has 2 heterocycles. The molecule has 1 unspecified atom stereocenters. The summed E-state index contributed by atoms with van der Waals surface area (Å²) in [5, 5.41) is 3.33. The SMILES string of the molecule is CNC(c1cnccc1C)c1scnc1C. The van der Waals surface area contributed by atoms with Gasteiger partial charge in [-0.25, -0.2) is 4.98 Å². The molecule has 2 rings (SSSR count). The van der Waals surface area contributed by atoms with Crippen LogP contribution in [-0.2, 0) is 0 Å². The van der Waals surface area contributed by atoms with E-state index in [-0.39, 0.29) is 6.04 Å². The van der Waals surface area contributed by atoms with E-state index in [4.69, 9.17) is 0 Å². The molecule has 1 atom stereocenters. The highest BCUT2D eigenvalue weighted by Gasteiger charge is 2.18. The quantitative estimate of drug-likeness (QED) is 0.885. The number of rotatable bonds is 3. The van der Waals surface area contributed by atoms with Gasteiger partial charge < -0.3 is 5.32 Å². The normalized spacial score (nSPS) is 12.7. The van der Waals surface area contributed by atoms with Crippen LogP contribution in [0.5, 0.6) is 0 Å². The summed E-state index contributed by atoms with van der Waals surface area (Å²) >= 11 is 1.68. The Kier molecular flexibility index (Phi) is 3.31. The van der Waals surface area contributed by atoms with Crippen LogP contribution in [0.15, 0.2) is 24.0 Å². The van der Waals surface area contributed by atoms with Crippen LogP contribution < -0.4 is 5.32 Å². The van der Waals surface area contributed by atoms with E-state index in [1.54, 1.807) is 11.3 Å². The van der Waals surface area contributed by atoms with E-state index in [0.29, 0.717) is 0 Å². The molecular formula is C12H15N3S. The number of thiazole rings is 1. The fraction of sp³-hybridized carbons (Fsp3) is 0.333. The van der Waals surface area contributed by atoms with Crippen molar-refractivity contribution >= 4 is 11.3 Å². The minimum atomic E-state index is 0.196. The maximum Gasteiger partial charge on any atom is 0.0798 e. The average Bonchev–Trinajstić information content (AvgIpc) is 2.69. The molecule has 4 heteroatoms. The lowest BCUT2D eigenvalue weighted by molar-refractivity contribution is 0.690. The predicted molar refractivity (Wildman–Crippen MR) is 66.7 cm³/mol. The zero-order chi connectivity index (χ0) is 11.5. The maximum absolute atomic E-state index is 4.30. The van der Waals surface area contributed by atoms with Gasteiger partial charge in [0, 0.05) is 17.3 Å². The van der Waals surface area contributed by atoms with Gasteiger partial charge in [0.25, 0.3) is 0 Å². The molecule has 0 aromatic carbocycles. The zero-order valence-corrected chi connectivity index (χ0v) is 10.5. The van der Waals surface area contributed by atoms with Crippen molar-refractivity contribution in [1.29, 1.82) is 0 Å². The van der Waals surface area contributed by atoms with Crippen LogP contribution >= 0.6 is 11.3 Å². The van der Waals surface area contributed by atoms with Crippen LogP contribution in [-0.4, -0.2) is 17.0 Å². The number of aromatic nitrogens is 2. The van der Waals surface area contributed by atoms with Gasteiger partial charge in [-0.2, -0.15) is 0 Å². The maximum atomic E-state index is 4.30. The Morgan fingerprint density at radius 3 is 2.75 bits per heavy atom. The smallest absolute Gasteiger partial charge is 0.0798 e. The third-order valence-corrected chi connectivity index (χ3v) is 3.72. The first-order chi connectivity index (χ1) is 7.74. The number of aryl methyl sites for hydroxylation is 2. The lowest BCUT2D eigenvalue weighted by Gasteiger charge is -2.17. The van der Waals surface area contributed by atoms with Gasteiger partial charge in [0.15, 0.2) is 0 Å². The van der Waals surface area contributed by atoms with Gasteiger partial charge in [0.05, 0.1) is 17.2 Å². The molecule has 3 nitrogen and oxygen atoms in total. The summed E-state index contributed by atoms with van der Waals surface area (Å²) in [6.07, 6.45) is 3.75. The van der Waals surface area contributed by atoms with E-state index >= 15 is 0 Å². The largest absolute Gasteiger partial charge is 0.309 e. The predicted octanol–water partition coefficient (Wildman–Crippen LogP) is 2.46. The molecule has 0 aliphatic heterocycles. The summed E-state index contributed by atoms with van der Waals surface area (Å²) in [6.45, 7) is 4.15. The molecule has 0 saturated heterocycles. The lowest BCUT2D eigenvalue weighted by atomic mass is 10.0. The van der Waals surface area contributed by atoms with E-state index in [0.717, 1.165) is 5.69 Å². The molecule has 2 aromatic heterocycles. The third-order valence-electron chi connectivity index (χ3n) is 2.72. The van der Waals surface area contributed by atoms with Gasteiger partial charge in [-0.15, -0.1) is 11.3 Å². The van der Waals surface area contributed by atoms with Crippen LogP contribution in [0.4, 0.5) is 0 Å². The van der Waals surface area contributed by atoms with Crippen molar-refractivity contribution in [2.75, 3.05) is 7.05 Å². The van der Waals surface area contributed by atoms with Crippen LogP contribution in [0.3, 0.4) is 0 Å². The van der Waals surface area contributed by atoms with Crippen molar-refractivity contribution in [2.45, 2.75) is 19.9 Å². The van der Waals surface area contributed by atoms with Crippen molar-refractivity contribution < 1.29 is 0 Å². The van der Waals surface area contributed by atoms with Crippen molar-refractivity contribution in [3.05, 3.63) is 45.7 Å². The highest BCUT2D eigenvalue weighted by molar-refractivity contribution is 7.09. The second-order valence-corrected chi connectivity index (χ2v) is 4.64. The third kappa shape index (κ3) is 1.99. The summed E-state index contributed by atoms with van der Waals surface area (Å²) in [6, 6.07) is 2.23. The van der Waals surface area contributed by atoms with E-state index in [2.05, 4.69) is 22.2 Å². The van der Waals surface area contributed by atoms with Crippen LogP contribution in [0.2, 0.25) is 0 Å². The Balaban J connectivity index is 2.45. The first-order valence-electron chi connectivity index (χ1n) is 5.21. The number of hydrogen-bond acceptors (Lipinski definition) is 4. The van der Waals surface area contributed by atoms with Crippen molar-refractivity contribution in [1.82, 2.24) is 15.3 Å².